The first-order valence-corrected chi connectivity index (χ1v) is 9.73. The summed E-state index contributed by atoms with van der Waals surface area (Å²) in [6, 6.07) is 6.14. The van der Waals surface area contributed by atoms with E-state index in [2.05, 4.69) is 4.72 Å². The Kier molecular flexibility index (Phi) is 4.24. The van der Waals surface area contributed by atoms with Gasteiger partial charge in [0.2, 0.25) is 10.0 Å². The zero-order chi connectivity index (χ0) is 15.7. The van der Waals surface area contributed by atoms with Crippen molar-refractivity contribution in [1.29, 1.82) is 5.41 Å². The van der Waals surface area contributed by atoms with Gasteiger partial charge in [0.1, 0.15) is 15.7 Å². The van der Waals surface area contributed by atoms with Gasteiger partial charge in [0.25, 0.3) is 0 Å². The van der Waals surface area contributed by atoms with Crippen molar-refractivity contribution < 1.29 is 16.8 Å². The molecule has 1 fully saturated rings. The highest BCUT2D eigenvalue weighted by Crippen LogP contribution is 2.22. The number of nitrogen functional groups attached to an aromatic ring is 1. The summed E-state index contributed by atoms with van der Waals surface area (Å²) in [6.45, 7) is 0. The summed E-state index contributed by atoms with van der Waals surface area (Å²) in [5, 5.41) is 6.57. The van der Waals surface area contributed by atoms with Crippen molar-refractivity contribution in [2.75, 3.05) is 16.2 Å². The van der Waals surface area contributed by atoms with Crippen LogP contribution >= 0.6 is 0 Å². The summed E-state index contributed by atoms with van der Waals surface area (Å²) in [6.07, 6.45) is 0.229. The lowest BCUT2D eigenvalue weighted by Gasteiger charge is -2.22. The van der Waals surface area contributed by atoms with Crippen LogP contribution in [0.2, 0.25) is 0 Å². The van der Waals surface area contributed by atoms with Gasteiger partial charge in [-0.3, -0.25) is 10.1 Å². The molecule has 2 rings (SSSR count). The van der Waals surface area contributed by atoms with E-state index < -0.39 is 25.1 Å². The third-order valence-electron chi connectivity index (χ3n) is 3.40. The van der Waals surface area contributed by atoms with E-state index in [1.54, 1.807) is 12.1 Å². The number of sulfone groups is 1. The summed E-state index contributed by atoms with van der Waals surface area (Å²) in [4.78, 5) is 0. The first kappa shape index (κ1) is 15.8. The molecular weight excluding hydrogens is 314 g/mol. The maximum atomic E-state index is 12.2. The Morgan fingerprint density at radius 1 is 1.19 bits per heavy atom. The molecule has 1 aliphatic rings. The number of nitrogens with two attached hydrogens (primary N) is 1. The Labute approximate surface area is 124 Å². The number of benzene rings is 1. The second kappa shape index (κ2) is 5.64. The normalized spacial score (nSPS) is 19.0. The van der Waals surface area contributed by atoms with E-state index in [0.29, 0.717) is 11.3 Å². The Morgan fingerprint density at radius 2 is 1.71 bits per heavy atom. The van der Waals surface area contributed by atoms with Crippen LogP contribution in [0, 0.1) is 5.41 Å². The molecule has 4 N–H and O–H groups in total. The van der Waals surface area contributed by atoms with Gasteiger partial charge in [0, 0.05) is 11.3 Å². The Hall–Kier alpha value is -1.61. The van der Waals surface area contributed by atoms with Crippen LogP contribution in [0.4, 0.5) is 5.69 Å². The van der Waals surface area contributed by atoms with Crippen molar-refractivity contribution in [3.63, 3.8) is 0 Å². The van der Waals surface area contributed by atoms with Gasteiger partial charge in [-0.25, -0.2) is 16.8 Å². The Balaban J connectivity index is 2.09. The van der Waals surface area contributed by atoms with Gasteiger partial charge in [0.05, 0.1) is 16.8 Å². The molecule has 1 aromatic carbocycles. The predicted molar refractivity (Wildman–Crippen MR) is 81.7 cm³/mol. The van der Waals surface area contributed by atoms with Crippen LogP contribution < -0.4 is 10.5 Å². The molecule has 116 valence electrons. The average Bonchev–Trinajstić information content (AvgIpc) is 2.38. The first-order valence-electron chi connectivity index (χ1n) is 6.36. The molecule has 1 saturated heterocycles. The van der Waals surface area contributed by atoms with Crippen LogP contribution in [-0.2, 0) is 19.9 Å². The highest BCUT2D eigenvalue weighted by atomic mass is 32.2. The SMILES string of the molecule is N=C(N)c1ccc(NS(=O)(=O)C2CCS(=O)(=O)CC2)cc1. The first-order chi connectivity index (χ1) is 9.70. The van der Waals surface area contributed by atoms with Gasteiger partial charge in [-0.05, 0) is 37.1 Å². The average molecular weight is 331 g/mol. The molecule has 0 atom stereocenters. The quantitative estimate of drug-likeness (QED) is 0.539. The van der Waals surface area contributed by atoms with Gasteiger partial charge in [-0.15, -0.1) is 0 Å². The highest BCUT2D eigenvalue weighted by molar-refractivity contribution is 7.94. The van der Waals surface area contributed by atoms with Gasteiger partial charge in [0.15, 0.2) is 0 Å². The monoisotopic (exact) mass is 331 g/mol. The van der Waals surface area contributed by atoms with E-state index in [1.165, 1.54) is 12.1 Å². The van der Waals surface area contributed by atoms with Crippen molar-refractivity contribution in [2.45, 2.75) is 18.1 Å². The molecule has 0 radical (unpaired) electrons. The van der Waals surface area contributed by atoms with Crippen LogP contribution in [0.3, 0.4) is 0 Å². The zero-order valence-corrected chi connectivity index (χ0v) is 12.9. The third kappa shape index (κ3) is 3.94. The van der Waals surface area contributed by atoms with Gasteiger partial charge < -0.3 is 5.73 Å². The lowest BCUT2D eigenvalue weighted by Crippen LogP contribution is -2.36. The number of hydrogen-bond acceptors (Lipinski definition) is 5. The van der Waals surface area contributed by atoms with Crippen LogP contribution in [0.25, 0.3) is 0 Å². The van der Waals surface area contributed by atoms with E-state index >= 15 is 0 Å². The molecule has 0 aromatic heterocycles. The Morgan fingerprint density at radius 3 is 2.19 bits per heavy atom. The summed E-state index contributed by atoms with van der Waals surface area (Å²) >= 11 is 0. The zero-order valence-electron chi connectivity index (χ0n) is 11.2. The molecule has 1 aliphatic heterocycles. The summed E-state index contributed by atoms with van der Waals surface area (Å²) in [5.74, 6) is -0.286. The minimum absolute atomic E-state index is 0.0954. The molecular formula is C12H17N3O4S2. The van der Waals surface area contributed by atoms with Crippen molar-refractivity contribution in [3.05, 3.63) is 29.8 Å². The third-order valence-corrected chi connectivity index (χ3v) is 6.98. The number of amidine groups is 1. The van der Waals surface area contributed by atoms with E-state index in [1.807, 2.05) is 0 Å². The van der Waals surface area contributed by atoms with Crippen LogP contribution in [-0.4, -0.2) is 39.4 Å². The second-order valence-corrected chi connectivity index (χ2v) is 9.25. The molecule has 0 amide bonds. The number of hydrogen-bond donors (Lipinski definition) is 3. The standard InChI is InChI=1S/C12H17N3O4S2/c13-12(14)9-1-3-10(4-2-9)15-21(18,19)11-5-7-20(16,17)8-6-11/h1-4,11,15H,5-8H2,(H3,13,14). The maximum Gasteiger partial charge on any atom is 0.235 e. The van der Waals surface area contributed by atoms with Crippen molar-refractivity contribution in [1.82, 2.24) is 0 Å². The number of anilines is 1. The van der Waals surface area contributed by atoms with Gasteiger partial charge >= 0.3 is 0 Å². The fraction of sp³-hybridized carbons (Fsp3) is 0.417. The van der Waals surface area contributed by atoms with Crippen molar-refractivity contribution in [3.8, 4) is 0 Å². The fourth-order valence-electron chi connectivity index (χ4n) is 2.14. The van der Waals surface area contributed by atoms with Gasteiger partial charge in [-0.1, -0.05) is 0 Å². The molecule has 21 heavy (non-hydrogen) atoms. The fourth-order valence-corrected chi connectivity index (χ4v) is 5.42. The van der Waals surface area contributed by atoms with E-state index in [4.69, 9.17) is 11.1 Å². The lowest BCUT2D eigenvalue weighted by molar-refractivity contribution is 0.555. The van der Waals surface area contributed by atoms with E-state index in [0.717, 1.165) is 0 Å². The largest absolute Gasteiger partial charge is 0.384 e. The molecule has 0 unspecified atom stereocenters. The highest BCUT2D eigenvalue weighted by Gasteiger charge is 2.32. The summed E-state index contributed by atoms with van der Waals surface area (Å²) in [5.41, 5.74) is 6.19. The molecule has 1 heterocycles. The molecule has 0 spiro atoms. The number of nitrogens with one attached hydrogen (secondary N) is 2. The van der Waals surface area contributed by atoms with E-state index in [9.17, 15) is 16.8 Å². The maximum absolute atomic E-state index is 12.2. The molecule has 9 heteroatoms. The smallest absolute Gasteiger partial charge is 0.235 e. The van der Waals surface area contributed by atoms with Crippen molar-refractivity contribution in [2.24, 2.45) is 5.73 Å². The summed E-state index contributed by atoms with van der Waals surface area (Å²) < 4.78 is 49.5. The van der Waals surface area contributed by atoms with Gasteiger partial charge in [-0.2, -0.15) is 0 Å². The minimum atomic E-state index is -3.62. The predicted octanol–water partition coefficient (Wildman–Crippen LogP) is 0.290. The number of sulfonamides is 1. The van der Waals surface area contributed by atoms with Crippen LogP contribution in [0.15, 0.2) is 24.3 Å². The molecule has 0 aliphatic carbocycles. The van der Waals surface area contributed by atoms with E-state index in [-0.39, 0.29) is 30.2 Å². The summed E-state index contributed by atoms with van der Waals surface area (Å²) in [7, 11) is -6.71. The molecule has 7 nitrogen and oxygen atoms in total. The molecule has 0 saturated carbocycles. The molecule has 0 bridgehead atoms. The lowest BCUT2D eigenvalue weighted by atomic mass is 10.2. The second-order valence-electron chi connectivity index (χ2n) is 4.99. The van der Waals surface area contributed by atoms with Crippen molar-refractivity contribution >= 4 is 31.4 Å². The van der Waals surface area contributed by atoms with Crippen LogP contribution in [0.5, 0.6) is 0 Å². The topological polar surface area (TPSA) is 130 Å². The minimum Gasteiger partial charge on any atom is -0.384 e. The van der Waals surface area contributed by atoms with Crippen LogP contribution in [0.1, 0.15) is 18.4 Å². The number of rotatable bonds is 4. The molecule has 1 aromatic rings. The Bertz CT molecular complexity index is 725.